The number of ether oxygens (including phenoxy) is 1. The Morgan fingerprint density at radius 3 is 2.54 bits per heavy atom. The van der Waals surface area contributed by atoms with Crippen LogP contribution in [0.15, 0.2) is 48.5 Å². The van der Waals surface area contributed by atoms with Gasteiger partial charge >= 0.3 is 0 Å². The third kappa shape index (κ3) is 4.77. The molecule has 2 aromatic rings. The molecule has 1 N–H and O–H groups in total. The Labute approximate surface area is 160 Å². The van der Waals surface area contributed by atoms with Gasteiger partial charge in [-0.25, -0.2) is 0 Å². The van der Waals surface area contributed by atoms with Crippen molar-refractivity contribution in [3.8, 4) is 5.75 Å². The Hall–Kier alpha value is -2.04. The van der Waals surface area contributed by atoms with Crippen molar-refractivity contribution in [1.29, 1.82) is 0 Å². The van der Waals surface area contributed by atoms with E-state index in [1.165, 1.54) is 24.8 Å². The van der Waals surface area contributed by atoms with Gasteiger partial charge in [-0.2, -0.15) is 0 Å². The van der Waals surface area contributed by atoms with Crippen molar-refractivity contribution in [2.45, 2.75) is 25.3 Å². The molecule has 4 nitrogen and oxygen atoms in total. The Kier molecular flexibility index (Phi) is 6.53. The van der Waals surface area contributed by atoms with Crippen molar-refractivity contribution in [3.63, 3.8) is 0 Å². The van der Waals surface area contributed by atoms with Crippen LogP contribution >= 0.6 is 11.6 Å². The summed E-state index contributed by atoms with van der Waals surface area (Å²) < 4.78 is 5.27. The highest BCUT2D eigenvalue weighted by molar-refractivity contribution is 6.30. The highest BCUT2D eigenvalue weighted by Gasteiger charge is 2.23. The van der Waals surface area contributed by atoms with Gasteiger partial charge in [-0.3, -0.25) is 9.69 Å². The number of hydrogen-bond donors (Lipinski definition) is 1. The van der Waals surface area contributed by atoms with Gasteiger partial charge in [0, 0.05) is 17.1 Å². The molecule has 2 aromatic carbocycles. The molecule has 3 rings (SSSR count). The predicted molar refractivity (Wildman–Crippen MR) is 105 cm³/mol. The van der Waals surface area contributed by atoms with E-state index in [9.17, 15) is 4.79 Å². The third-order valence-electron chi connectivity index (χ3n) is 4.87. The molecular weight excluding hydrogens is 348 g/mol. The molecular formula is C21H25ClN2O2. The minimum absolute atomic E-state index is 0.0944. The summed E-state index contributed by atoms with van der Waals surface area (Å²) in [6, 6.07) is 15.3. The number of amides is 1. The average molecular weight is 373 g/mol. The lowest BCUT2D eigenvalue weighted by molar-refractivity contribution is 0.0924. The summed E-state index contributed by atoms with van der Waals surface area (Å²) >= 11 is 6.00. The van der Waals surface area contributed by atoms with Crippen LogP contribution in [0.1, 0.15) is 41.2 Å². The van der Waals surface area contributed by atoms with Crippen LogP contribution in [-0.4, -0.2) is 37.6 Å². The Bertz CT molecular complexity index is 727. The van der Waals surface area contributed by atoms with Gasteiger partial charge in [0.25, 0.3) is 5.91 Å². The zero-order valence-electron chi connectivity index (χ0n) is 15.1. The lowest BCUT2D eigenvalue weighted by Gasteiger charge is -2.35. The molecule has 1 amide bonds. The van der Waals surface area contributed by atoms with E-state index >= 15 is 0 Å². The van der Waals surface area contributed by atoms with Crippen LogP contribution < -0.4 is 10.1 Å². The van der Waals surface area contributed by atoms with Crippen molar-refractivity contribution < 1.29 is 9.53 Å². The molecule has 1 saturated heterocycles. The lowest BCUT2D eigenvalue weighted by atomic mass is 10.0. The molecule has 1 atom stereocenters. The third-order valence-corrected chi connectivity index (χ3v) is 5.11. The van der Waals surface area contributed by atoms with Crippen molar-refractivity contribution in [2.24, 2.45) is 0 Å². The van der Waals surface area contributed by atoms with Crippen molar-refractivity contribution >= 4 is 17.5 Å². The fourth-order valence-electron chi connectivity index (χ4n) is 3.44. The molecule has 1 aliphatic rings. The largest absolute Gasteiger partial charge is 0.497 e. The number of methoxy groups -OCH3 is 1. The monoisotopic (exact) mass is 372 g/mol. The molecule has 0 aromatic heterocycles. The molecule has 1 heterocycles. The number of hydrogen-bond acceptors (Lipinski definition) is 3. The summed E-state index contributed by atoms with van der Waals surface area (Å²) in [6.45, 7) is 2.69. The van der Waals surface area contributed by atoms with E-state index in [1.54, 1.807) is 31.4 Å². The summed E-state index contributed by atoms with van der Waals surface area (Å²) in [5.41, 5.74) is 1.78. The first-order valence-electron chi connectivity index (χ1n) is 9.09. The number of piperidine rings is 1. The maximum atomic E-state index is 12.5. The van der Waals surface area contributed by atoms with E-state index in [0.29, 0.717) is 17.1 Å². The van der Waals surface area contributed by atoms with Gasteiger partial charge in [0.2, 0.25) is 0 Å². The van der Waals surface area contributed by atoms with E-state index in [1.807, 2.05) is 12.1 Å². The molecule has 5 heteroatoms. The molecule has 26 heavy (non-hydrogen) atoms. The van der Waals surface area contributed by atoms with Gasteiger partial charge in [-0.05, 0) is 61.8 Å². The minimum Gasteiger partial charge on any atom is -0.497 e. The van der Waals surface area contributed by atoms with E-state index in [2.05, 4.69) is 22.3 Å². The van der Waals surface area contributed by atoms with Crippen LogP contribution in [0.3, 0.4) is 0 Å². The molecule has 1 fully saturated rings. The minimum atomic E-state index is -0.0944. The van der Waals surface area contributed by atoms with Crippen LogP contribution in [0.25, 0.3) is 0 Å². The molecule has 0 radical (unpaired) electrons. The van der Waals surface area contributed by atoms with Crippen molar-refractivity contribution in [1.82, 2.24) is 10.2 Å². The summed E-state index contributed by atoms with van der Waals surface area (Å²) in [7, 11) is 1.67. The molecule has 0 saturated carbocycles. The smallest absolute Gasteiger partial charge is 0.251 e. The maximum absolute atomic E-state index is 12.5. The number of nitrogens with zero attached hydrogens (tertiary/aromatic N) is 1. The molecule has 1 unspecified atom stereocenters. The molecule has 138 valence electrons. The zero-order valence-corrected chi connectivity index (χ0v) is 15.8. The Balaban J connectivity index is 1.73. The summed E-state index contributed by atoms with van der Waals surface area (Å²) in [5, 5.41) is 3.65. The first-order chi connectivity index (χ1) is 12.7. The topological polar surface area (TPSA) is 41.6 Å². The average Bonchev–Trinajstić information content (AvgIpc) is 2.69. The van der Waals surface area contributed by atoms with E-state index in [0.717, 1.165) is 18.8 Å². The number of carbonyl (C=O) groups is 1. The number of rotatable bonds is 6. The first kappa shape index (κ1) is 18.7. The van der Waals surface area contributed by atoms with E-state index < -0.39 is 0 Å². The fourth-order valence-corrected chi connectivity index (χ4v) is 3.63. The van der Waals surface area contributed by atoms with Gasteiger partial charge in [0.05, 0.1) is 13.2 Å². The lowest BCUT2D eigenvalue weighted by Crippen LogP contribution is -2.40. The molecule has 0 bridgehead atoms. The van der Waals surface area contributed by atoms with E-state index in [4.69, 9.17) is 16.3 Å². The molecule has 0 spiro atoms. The summed E-state index contributed by atoms with van der Waals surface area (Å²) in [4.78, 5) is 15.0. The summed E-state index contributed by atoms with van der Waals surface area (Å²) in [6.07, 6.45) is 3.69. The van der Waals surface area contributed by atoms with Gasteiger partial charge in [0.1, 0.15) is 5.75 Å². The van der Waals surface area contributed by atoms with Crippen LogP contribution in [0.5, 0.6) is 5.75 Å². The van der Waals surface area contributed by atoms with Gasteiger partial charge in [0.15, 0.2) is 0 Å². The van der Waals surface area contributed by atoms with Crippen molar-refractivity contribution in [2.75, 3.05) is 26.7 Å². The number of halogens is 1. The normalized spacial score (nSPS) is 16.1. The molecule has 1 aliphatic heterocycles. The Morgan fingerprint density at radius 2 is 1.88 bits per heavy atom. The quantitative estimate of drug-likeness (QED) is 0.821. The molecule has 0 aliphatic carbocycles. The zero-order chi connectivity index (χ0) is 18.4. The van der Waals surface area contributed by atoms with Crippen LogP contribution in [-0.2, 0) is 0 Å². The fraction of sp³-hybridized carbons (Fsp3) is 0.381. The second-order valence-electron chi connectivity index (χ2n) is 6.61. The van der Waals surface area contributed by atoms with Crippen molar-refractivity contribution in [3.05, 3.63) is 64.7 Å². The number of nitrogens with one attached hydrogen (secondary N) is 1. The second kappa shape index (κ2) is 9.06. The second-order valence-corrected chi connectivity index (χ2v) is 7.04. The van der Waals surface area contributed by atoms with Crippen LogP contribution in [0, 0.1) is 0 Å². The summed E-state index contributed by atoms with van der Waals surface area (Å²) in [5.74, 6) is 0.747. The van der Waals surface area contributed by atoms with E-state index in [-0.39, 0.29) is 11.9 Å². The number of likely N-dealkylation sites (tertiary alicyclic amines) is 1. The number of benzene rings is 2. The first-order valence-corrected chi connectivity index (χ1v) is 9.47. The highest BCUT2D eigenvalue weighted by Crippen LogP contribution is 2.26. The number of carbonyl (C=O) groups excluding carboxylic acids is 1. The van der Waals surface area contributed by atoms with Crippen LogP contribution in [0.4, 0.5) is 0 Å². The maximum Gasteiger partial charge on any atom is 0.251 e. The van der Waals surface area contributed by atoms with Gasteiger partial charge in [-0.1, -0.05) is 36.2 Å². The highest BCUT2D eigenvalue weighted by atomic mass is 35.5. The standard InChI is InChI=1S/C21H25ClN2O2/c1-26-19-10-8-16(9-11-19)20(24-12-3-2-4-13-24)15-23-21(25)17-6-5-7-18(22)14-17/h5-11,14,20H,2-4,12-13,15H2,1H3,(H,23,25). The van der Waals surface area contributed by atoms with Gasteiger partial charge < -0.3 is 10.1 Å². The Morgan fingerprint density at radius 1 is 1.15 bits per heavy atom. The SMILES string of the molecule is COc1ccc(C(CNC(=O)c2cccc(Cl)c2)N2CCCCC2)cc1. The van der Waals surface area contributed by atoms with Crippen LogP contribution in [0.2, 0.25) is 5.02 Å². The predicted octanol–water partition coefficient (Wildman–Crippen LogP) is 4.31. The van der Waals surface area contributed by atoms with Gasteiger partial charge in [-0.15, -0.1) is 0 Å².